The highest BCUT2D eigenvalue weighted by atomic mass is 79.9. The highest BCUT2D eigenvalue weighted by molar-refractivity contribution is 9.10. The molecule has 0 aliphatic heterocycles. The second-order valence-electron chi connectivity index (χ2n) is 3.99. The van der Waals surface area contributed by atoms with Crippen molar-refractivity contribution in [3.05, 3.63) is 51.8 Å². The summed E-state index contributed by atoms with van der Waals surface area (Å²) in [7, 11) is 1.84. The minimum absolute atomic E-state index is 0.0561. The molecule has 0 bridgehead atoms. The summed E-state index contributed by atoms with van der Waals surface area (Å²) in [6, 6.07) is 9.11. The second-order valence-corrected chi connectivity index (χ2v) is 4.90. The van der Waals surface area contributed by atoms with Crippen LogP contribution in [-0.4, -0.2) is 10.4 Å². The summed E-state index contributed by atoms with van der Waals surface area (Å²) in [6.07, 6.45) is 0. The number of ketones is 1. The molecule has 17 heavy (non-hydrogen) atoms. The van der Waals surface area contributed by atoms with Crippen molar-refractivity contribution >= 4 is 27.4 Å². The third-order valence-corrected chi connectivity index (χ3v) is 3.30. The molecule has 0 aliphatic rings. The molecule has 0 radical (unpaired) electrons. The summed E-state index contributed by atoms with van der Waals surface area (Å²) in [5.74, 6) is -0.0561. The minimum Gasteiger partial charge on any atom is -0.397 e. The zero-order valence-corrected chi connectivity index (χ0v) is 11.3. The Morgan fingerprint density at radius 1 is 1.35 bits per heavy atom. The van der Waals surface area contributed by atoms with E-state index < -0.39 is 0 Å². The van der Waals surface area contributed by atoms with Gasteiger partial charge in [-0.2, -0.15) is 0 Å². The van der Waals surface area contributed by atoms with E-state index >= 15 is 0 Å². The van der Waals surface area contributed by atoms with Crippen LogP contribution in [0, 0.1) is 6.92 Å². The van der Waals surface area contributed by atoms with Crippen molar-refractivity contribution in [2.24, 2.45) is 7.05 Å². The van der Waals surface area contributed by atoms with Gasteiger partial charge in [0.15, 0.2) is 0 Å². The van der Waals surface area contributed by atoms with Gasteiger partial charge < -0.3 is 10.3 Å². The maximum atomic E-state index is 12.3. The first-order valence-corrected chi connectivity index (χ1v) is 6.02. The molecule has 2 rings (SSSR count). The number of nitrogens with zero attached hydrogens (tertiary/aromatic N) is 1. The van der Waals surface area contributed by atoms with Crippen LogP contribution in [0.3, 0.4) is 0 Å². The number of carbonyl (C=O) groups is 1. The van der Waals surface area contributed by atoms with Gasteiger partial charge in [0.05, 0.1) is 5.69 Å². The van der Waals surface area contributed by atoms with Crippen molar-refractivity contribution < 1.29 is 4.79 Å². The summed E-state index contributed by atoms with van der Waals surface area (Å²) in [5.41, 5.74) is 8.54. The molecule has 0 unspecified atom stereocenters. The van der Waals surface area contributed by atoms with E-state index in [1.807, 2.05) is 36.7 Å². The zero-order valence-electron chi connectivity index (χ0n) is 9.70. The maximum absolute atomic E-state index is 12.3. The number of anilines is 1. The monoisotopic (exact) mass is 292 g/mol. The van der Waals surface area contributed by atoms with Crippen LogP contribution in [0.4, 0.5) is 5.69 Å². The summed E-state index contributed by atoms with van der Waals surface area (Å²) in [5, 5.41) is 0. The van der Waals surface area contributed by atoms with Crippen molar-refractivity contribution in [2.45, 2.75) is 6.92 Å². The van der Waals surface area contributed by atoms with Gasteiger partial charge in [0, 0.05) is 22.8 Å². The molecule has 1 aromatic carbocycles. The molecule has 0 spiro atoms. The third-order valence-electron chi connectivity index (χ3n) is 2.80. The van der Waals surface area contributed by atoms with E-state index in [-0.39, 0.29) is 5.78 Å². The molecule has 0 amide bonds. The number of nitrogen functional groups attached to an aromatic ring is 1. The Kier molecular flexibility index (Phi) is 3.07. The number of carbonyl (C=O) groups excluding carboxylic acids is 1. The lowest BCUT2D eigenvalue weighted by Crippen LogP contribution is -2.10. The van der Waals surface area contributed by atoms with E-state index in [0.29, 0.717) is 16.9 Å². The van der Waals surface area contributed by atoms with Crippen molar-refractivity contribution in [1.29, 1.82) is 0 Å². The first kappa shape index (κ1) is 11.9. The first-order valence-electron chi connectivity index (χ1n) is 5.22. The molecule has 0 fully saturated rings. The number of nitrogens with two attached hydrogens (primary N) is 1. The van der Waals surface area contributed by atoms with Crippen molar-refractivity contribution in [3.63, 3.8) is 0 Å². The summed E-state index contributed by atoms with van der Waals surface area (Å²) < 4.78 is 2.70. The third kappa shape index (κ3) is 2.13. The van der Waals surface area contributed by atoms with Gasteiger partial charge in [-0.3, -0.25) is 4.79 Å². The average molecular weight is 293 g/mol. The number of hydrogen-bond donors (Lipinski definition) is 1. The van der Waals surface area contributed by atoms with E-state index in [2.05, 4.69) is 15.9 Å². The van der Waals surface area contributed by atoms with Crippen LogP contribution in [0.2, 0.25) is 0 Å². The number of rotatable bonds is 2. The lowest BCUT2D eigenvalue weighted by atomic mass is 10.1. The molecule has 0 aliphatic carbocycles. The van der Waals surface area contributed by atoms with Crippen LogP contribution < -0.4 is 5.73 Å². The average Bonchev–Trinajstić information content (AvgIpc) is 2.52. The minimum atomic E-state index is -0.0561. The number of aryl methyl sites for hydroxylation is 1. The van der Waals surface area contributed by atoms with E-state index in [4.69, 9.17) is 5.73 Å². The summed E-state index contributed by atoms with van der Waals surface area (Å²) in [6.45, 7) is 1.92. The Labute approximate surface area is 108 Å². The summed E-state index contributed by atoms with van der Waals surface area (Å²) in [4.78, 5) is 12.3. The molecular formula is C13H13BrN2O. The van der Waals surface area contributed by atoms with Gasteiger partial charge >= 0.3 is 0 Å². The van der Waals surface area contributed by atoms with Crippen LogP contribution >= 0.6 is 15.9 Å². The normalized spacial score (nSPS) is 10.5. The number of hydrogen-bond acceptors (Lipinski definition) is 2. The van der Waals surface area contributed by atoms with E-state index in [1.165, 1.54) is 0 Å². The van der Waals surface area contributed by atoms with Gasteiger partial charge in [-0.15, -0.1) is 0 Å². The highest BCUT2D eigenvalue weighted by Crippen LogP contribution is 2.21. The fourth-order valence-electron chi connectivity index (χ4n) is 1.81. The number of halogens is 1. The Morgan fingerprint density at radius 3 is 2.59 bits per heavy atom. The summed E-state index contributed by atoms with van der Waals surface area (Å²) >= 11 is 3.35. The first-order chi connectivity index (χ1) is 8.00. The zero-order chi connectivity index (χ0) is 12.6. The van der Waals surface area contributed by atoms with Gasteiger partial charge in [0.2, 0.25) is 5.78 Å². The van der Waals surface area contributed by atoms with Gasteiger partial charge in [-0.25, -0.2) is 0 Å². The Hall–Kier alpha value is -1.55. The standard InChI is InChI=1S/C13H13BrN2O/c1-8-6-11(15)12(16(8)2)13(17)9-4-3-5-10(14)7-9/h3-7H,15H2,1-2H3. The van der Waals surface area contributed by atoms with E-state index in [9.17, 15) is 4.79 Å². The largest absolute Gasteiger partial charge is 0.397 e. The molecule has 2 aromatic rings. The molecular weight excluding hydrogens is 280 g/mol. The Balaban J connectivity index is 2.51. The van der Waals surface area contributed by atoms with Gasteiger partial charge in [-0.05, 0) is 25.1 Å². The van der Waals surface area contributed by atoms with E-state index in [0.717, 1.165) is 10.2 Å². The van der Waals surface area contributed by atoms with Gasteiger partial charge in [-0.1, -0.05) is 28.1 Å². The topological polar surface area (TPSA) is 48.0 Å². The smallest absolute Gasteiger partial charge is 0.211 e. The molecule has 0 saturated carbocycles. The van der Waals surface area contributed by atoms with Crippen LogP contribution in [0.1, 0.15) is 21.7 Å². The second kappa shape index (κ2) is 4.37. The van der Waals surface area contributed by atoms with Crippen LogP contribution in [0.5, 0.6) is 0 Å². The van der Waals surface area contributed by atoms with Crippen LogP contribution in [0.25, 0.3) is 0 Å². The van der Waals surface area contributed by atoms with E-state index in [1.54, 1.807) is 12.1 Å². The fourth-order valence-corrected chi connectivity index (χ4v) is 2.21. The predicted molar refractivity (Wildman–Crippen MR) is 72.1 cm³/mol. The van der Waals surface area contributed by atoms with Crippen LogP contribution in [0.15, 0.2) is 34.8 Å². The van der Waals surface area contributed by atoms with Crippen molar-refractivity contribution in [3.8, 4) is 0 Å². The SMILES string of the molecule is Cc1cc(N)c(C(=O)c2cccc(Br)c2)n1C. The Morgan fingerprint density at radius 2 is 2.06 bits per heavy atom. The van der Waals surface area contributed by atoms with Gasteiger partial charge in [0.1, 0.15) is 5.69 Å². The molecule has 0 saturated heterocycles. The molecule has 0 atom stereocenters. The molecule has 4 heteroatoms. The van der Waals surface area contributed by atoms with Crippen molar-refractivity contribution in [1.82, 2.24) is 4.57 Å². The predicted octanol–water partition coefficient (Wildman–Crippen LogP) is 2.91. The number of aromatic nitrogens is 1. The molecule has 88 valence electrons. The molecule has 1 aromatic heterocycles. The highest BCUT2D eigenvalue weighted by Gasteiger charge is 2.17. The molecule has 2 N–H and O–H groups in total. The molecule has 3 nitrogen and oxygen atoms in total. The van der Waals surface area contributed by atoms with Crippen molar-refractivity contribution in [2.75, 3.05) is 5.73 Å². The maximum Gasteiger partial charge on any atom is 0.211 e. The fraction of sp³-hybridized carbons (Fsp3) is 0.154. The lowest BCUT2D eigenvalue weighted by molar-refractivity contribution is 0.103. The van der Waals surface area contributed by atoms with Gasteiger partial charge in [0.25, 0.3) is 0 Å². The quantitative estimate of drug-likeness (QED) is 0.865. The Bertz CT molecular complexity index is 587. The lowest BCUT2D eigenvalue weighted by Gasteiger charge is -2.06. The molecule has 1 heterocycles. The van der Waals surface area contributed by atoms with Crippen LogP contribution in [-0.2, 0) is 7.05 Å². The number of benzene rings is 1.